The van der Waals surface area contributed by atoms with E-state index in [-0.39, 0.29) is 6.04 Å². The summed E-state index contributed by atoms with van der Waals surface area (Å²) in [6.07, 6.45) is 9.19. The molecular formula is C17H27NO2. The van der Waals surface area contributed by atoms with Crippen LogP contribution in [0.3, 0.4) is 0 Å². The highest BCUT2D eigenvalue weighted by molar-refractivity contribution is 5.42. The largest absolute Gasteiger partial charge is 0.497 e. The van der Waals surface area contributed by atoms with Gasteiger partial charge in [-0.15, -0.1) is 0 Å². The van der Waals surface area contributed by atoms with E-state index >= 15 is 0 Å². The lowest BCUT2D eigenvalue weighted by Crippen LogP contribution is -2.15. The van der Waals surface area contributed by atoms with Crippen LogP contribution in [-0.4, -0.2) is 14.2 Å². The number of hydrogen-bond donors (Lipinski definition) is 1. The summed E-state index contributed by atoms with van der Waals surface area (Å²) in [5, 5.41) is 0. The molecule has 0 amide bonds. The van der Waals surface area contributed by atoms with E-state index < -0.39 is 0 Å². The van der Waals surface area contributed by atoms with Crippen molar-refractivity contribution in [3.63, 3.8) is 0 Å². The van der Waals surface area contributed by atoms with Crippen molar-refractivity contribution < 1.29 is 9.47 Å². The Bertz CT molecular complexity index is 413. The normalized spacial score (nSPS) is 17.8. The Morgan fingerprint density at radius 1 is 1.15 bits per heavy atom. The van der Waals surface area contributed by atoms with Crippen LogP contribution in [0.1, 0.15) is 56.6 Å². The van der Waals surface area contributed by atoms with Gasteiger partial charge in [-0.25, -0.2) is 0 Å². The summed E-state index contributed by atoms with van der Waals surface area (Å²) in [7, 11) is 3.37. The number of hydrogen-bond acceptors (Lipinski definition) is 3. The summed E-state index contributed by atoms with van der Waals surface area (Å²) in [5.41, 5.74) is 7.43. The van der Waals surface area contributed by atoms with E-state index in [1.54, 1.807) is 14.2 Å². The van der Waals surface area contributed by atoms with Crippen LogP contribution in [0, 0.1) is 5.92 Å². The Hall–Kier alpha value is -1.22. The van der Waals surface area contributed by atoms with Crippen LogP contribution in [-0.2, 0) is 0 Å². The molecule has 1 fully saturated rings. The van der Waals surface area contributed by atoms with E-state index in [0.29, 0.717) is 0 Å². The predicted octanol–water partition coefficient (Wildman–Crippen LogP) is 4.06. The Labute approximate surface area is 122 Å². The van der Waals surface area contributed by atoms with Crippen molar-refractivity contribution in [1.82, 2.24) is 0 Å². The molecule has 0 saturated heterocycles. The van der Waals surface area contributed by atoms with Gasteiger partial charge in [0.2, 0.25) is 0 Å². The number of methoxy groups -OCH3 is 2. The van der Waals surface area contributed by atoms with Crippen molar-refractivity contribution in [2.24, 2.45) is 11.7 Å². The van der Waals surface area contributed by atoms with Crippen molar-refractivity contribution in [2.75, 3.05) is 14.2 Å². The van der Waals surface area contributed by atoms with Gasteiger partial charge in [0.05, 0.1) is 14.2 Å². The van der Waals surface area contributed by atoms with Gasteiger partial charge in [-0.3, -0.25) is 0 Å². The van der Waals surface area contributed by atoms with Gasteiger partial charge in [0.1, 0.15) is 11.5 Å². The van der Waals surface area contributed by atoms with E-state index in [9.17, 15) is 0 Å². The highest BCUT2D eigenvalue weighted by Gasteiger charge is 2.17. The summed E-state index contributed by atoms with van der Waals surface area (Å²) in [4.78, 5) is 0. The summed E-state index contributed by atoms with van der Waals surface area (Å²) in [6, 6.07) is 5.89. The Balaban J connectivity index is 1.98. The average molecular weight is 277 g/mol. The third kappa shape index (κ3) is 3.89. The Morgan fingerprint density at radius 2 is 1.90 bits per heavy atom. The summed E-state index contributed by atoms with van der Waals surface area (Å²) >= 11 is 0. The lowest BCUT2D eigenvalue weighted by atomic mass is 9.84. The maximum absolute atomic E-state index is 6.38. The minimum atomic E-state index is 0.0296. The summed E-state index contributed by atoms with van der Waals surface area (Å²) < 4.78 is 10.7. The lowest BCUT2D eigenvalue weighted by molar-refractivity contribution is 0.321. The number of benzene rings is 1. The van der Waals surface area contributed by atoms with Crippen molar-refractivity contribution in [1.29, 1.82) is 0 Å². The second-order valence-corrected chi connectivity index (χ2v) is 5.80. The van der Waals surface area contributed by atoms with Gasteiger partial charge in [-0.05, 0) is 37.0 Å². The third-order valence-corrected chi connectivity index (χ3v) is 4.45. The van der Waals surface area contributed by atoms with Crippen LogP contribution >= 0.6 is 0 Å². The molecule has 0 aromatic heterocycles. The van der Waals surface area contributed by atoms with Crippen LogP contribution in [0.2, 0.25) is 0 Å². The number of nitrogens with two attached hydrogens (primary N) is 1. The second-order valence-electron chi connectivity index (χ2n) is 5.80. The molecule has 1 atom stereocenters. The van der Waals surface area contributed by atoms with Gasteiger partial charge < -0.3 is 15.2 Å². The summed E-state index contributed by atoms with van der Waals surface area (Å²) in [6.45, 7) is 0. The van der Waals surface area contributed by atoms with Crippen molar-refractivity contribution >= 4 is 0 Å². The first-order valence-electron chi connectivity index (χ1n) is 7.72. The zero-order chi connectivity index (χ0) is 14.4. The third-order valence-electron chi connectivity index (χ3n) is 4.45. The van der Waals surface area contributed by atoms with Crippen molar-refractivity contribution in [3.05, 3.63) is 23.8 Å². The molecule has 3 heteroatoms. The maximum atomic E-state index is 6.38. The minimum Gasteiger partial charge on any atom is -0.497 e. The lowest BCUT2D eigenvalue weighted by Gasteiger charge is -2.23. The quantitative estimate of drug-likeness (QED) is 0.852. The molecule has 1 aliphatic carbocycles. The van der Waals surface area contributed by atoms with Gasteiger partial charge in [0, 0.05) is 11.6 Å². The zero-order valence-electron chi connectivity index (χ0n) is 12.7. The molecule has 1 aromatic carbocycles. The fourth-order valence-electron chi connectivity index (χ4n) is 3.18. The zero-order valence-corrected chi connectivity index (χ0v) is 12.7. The molecule has 0 aliphatic heterocycles. The predicted molar refractivity (Wildman–Crippen MR) is 82.3 cm³/mol. The maximum Gasteiger partial charge on any atom is 0.123 e. The van der Waals surface area contributed by atoms with Gasteiger partial charge >= 0.3 is 0 Å². The molecule has 1 saturated carbocycles. The van der Waals surface area contributed by atoms with Gasteiger partial charge in [0.15, 0.2) is 0 Å². The summed E-state index contributed by atoms with van der Waals surface area (Å²) in [5.74, 6) is 2.57. The fraction of sp³-hybridized carbons (Fsp3) is 0.647. The van der Waals surface area contributed by atoms with Crippen molar-refractivity contribution in [3.8, 4) is 11.5 Å². The smallest absolute Gasteiger partial charge is 0.123 e. The SMILES string of the molecule is COc1ccc(OC)c(C(N)CCC2CCCCC2)c1. The highest BCUT2D eigenvalue weighted by atomic mass is 16.5. The fourth-order valence-corrected chi connectivity index (χ4v) is 3.18. The molecule has 1 unspecified atom stereocenters. The van der Waals surface area contributed by atoms with Crippen LogP contribution in [0.15, 0.2) is 18.2 Å². The van der Waals surface area contributed by atoms with Crippen molar-refractivity contribution in [2.45, 2.75) is 51.0 Å². The van der Waals surface area contributed by atoms with Crippen LogP contribution in [0.4, 0.5) is 0 Å². The van der Waals surface area contributed by atoms with Gasteiger partial charge in [-0.1, -0.05) is 32.1 Å². The molecular weight excluding hydrogens is 250 g/mol. The molecule has 0 spiro atoms. The molecule has 2 N–H and O–H groups in total. The van der Waals surface area contributed by atoms with E-state index in [1.165, 1.54) is 38.5 Å². The number of rotatable bonds is 6. The molecule has 3 nitrogen and oxygen atoms in total. The molecule has 112 valence electrons. The van der Waals surface area contributed by atoms with Crippen LogP contribution in [0.5, 0.6) is 11.5 Å². The molecule has 1 aliphatic rings. The van der Waals surface area contributed by atoms with Crippen LogP contribution in [0.25, 0.3) is 0 Å². The minimum absolute atomic E-state index is 0.0296. The van der Waals surface area contributed by atoms with Gasteiger partial charge in [0.25, 0.3) is 0 Å². The Morgan fingerprint density at radius 3 is 2.55 bits per heavy atom. The first-order valence-corrected chi connectivity index (χ1v) is 7.72. The van der Waals surface area contributed by atoms with Crippen LogP contribution < -0.4 is 15.2 Å². The van der Waals surface area contributed by atoms with E-state index in [4.69, 9.17) is 15.2 Å². The average Bonchev–Trinajstić information content (AvgIpc) is 2.52. The second kappa shape index (κ2) is 7.53. The molecule has 2 rings (SSSR count). The molecule has 0 radical (unpaired) electrons. The first kappa shape index (κ1) is 15.2. The molecule has 1 aromatic rings. The standard InChI is InChI=1S/C17H27NO2/c1-19-14-9-11-17(20-2)15(12-14)16(18)10-8-13-6-4-3-5-7-13/h9,11-13,16H,3-8,10,18H2,1-2H3. The highest BCUT2D eigenvalue weighted by Crippen LogP contribution is 2.33. The molecule has 20 heavy (non-hydrogen) atoms. The Kier molecular flexibility index (Phi) is 5.72. The first-order chi connectivity index (χ1) is 9.74. The topological polar surface area (TPSA) is 44.5 Å². The van der Waals surface area contributed by atoms with E-state index in [1.807, 2.05) is 18.2 Å². The molecule has 0 bridgehead atoms. The van der Waals surface area contributed by atoms with E-state index in [0.717, 1.165) is 29.4 Å². The monoisotopic (exact) mass is 277 g/mol. The number of ether oxygens (including phenoxy) is 2. The molecule has 0 heterocycles. The van der Waals surface area contributed by atoms with E-state index in [2.05, 4.69) is 0 Å². The van der Waals surface area contributed by atoms with Gasteiger partial charge in [-0.2, -0.15) is 0 Å².